The predicted molar refractivity (Wildman–Crippen MR) is 119 cm³/mol. The molecule has 0 saturated heterocycles. The molecular weight excluding hydrogens is 392 g/mol. The SMILES string of the molecule is COc1ccc(C2(O)C[N+]3=C(CCC3)N2c2c(C)n(C)n(-c3ccccc3)c2=O)cc1. The largest absolute Gasteiger partial charge is 0.497 e. The highest BCUT2D eigenvalue weighted by Crippen LogP contribution is 2.39. The minimum absolute atomic E-state index is 0.139. The van der Waals surface area contributed by atoms with Gasteiger partial charge in [-0.15, -0.1) is 0 Å². The average molecular weight is 420 g/mol. The van der Waals surface area contributed by atoms with Gasteiger partial charge < -0.3 is 9.84 Å². The van der Waals surface area contributed by atoms with Crippen LogP contribution in [-0.2, 0) is 12.8 Å². The van der Waals surface area contributed by atoms with Crippen molar-refractivity contribution >= 4 is 11.5 Å². The van der Waals surface area contributed by atoms with Gasteiger partial charge >= 0.3 is 5.56 Å². The molecule has 7 nitrogen and oxygen atoms in total. The number of hydrogen-bond donors (Lipinski definition) is 1. The number of ether oxygens (including phenoxy) is 1. The fraction of sp³-hybridized carbons (Fsp3) is 0.333. The summed E-state index contributed by atoms with van der Waals surface area (Å²) in [7, 11) is 3.50. The first-order valence-corrected chi connectivity index (χ1v) is 10.6. The third-order valence-corrected chi connectivity index (χ3v) is 6.53. The van der Waals surface area contributed by atoms with E-state index in [9.17, 15) is 9.90 Å². The van der Waals surface area contributed by atoms with Gasteiger partial charge in [-0.3, -0.25) is 14.1 Å². The third kappa shape index (κ3) is 2.84. The molecule has 0 aliphatic carbocycles. The molecule has 0 spiro atoms. The Labute approximate surface area is 181 Å². The van der Waals surface area contributed by atoms with Crippen molar-refractivity contribution in [2.75, 3.05) is 25.1 Å². The van der Waals surface area contributed by atoms with Gasteiger partial charge in [0, 0.05) is 12.6 Å². The second-order valence-electron chi connectivity index (χ2n) is 8.23. The molecule has 0 bridgehead atoms. The van der Waals surface area contributed by atoms with E-state index in [4.69, 9.17) is 4.74 Å². The summed E-state index contributed by atoms with van der Waals surface area (Å²) in [4.78, 5) is 15.6. The van der Waals surface area contributed by atoms with E-state index >= 15 is 0 Å². The Morgan fingerprint density at radius 2 is 1.81 bits per heavy atom. The molecule has 7 heteroatoms. The van der Waals surface area contributed by atoms with Gasteiger partial charge in [0.2, 0.25) is 5.69 Å². The summed E-state index contributed by atoms with van der Waals surface area (Å²) in [6.07, 6.45) is 1.85. The lowest BCUT2D eigenvalue weighted by atomic mass is 10.00. The molecule has 3 aromatic rings. The Bertz CT molecular complexity index is 1220. The minimum Gasteiger partial charge on any atom is -0.497 e. The Hall–Kier alpha value is -3.32. The molecule has 3 heterocycles. The molecule has 1 atom stereocenters. The van der Waals surface area contributed by atoms with E-state index in [1.807, 2.05) is 78.2 Å². The third-order valence-electron chi connectivity index (χ3n) is 6.53. The maximum Gasteiger partial charge on any atom is 0.318 e. The van der Waals surface area contributed by atoms with Gasteiger partial charge in [0.25, 0.3) is 11.6 Å². The van der Waals surface area contributed by atoms with Crippen LogP contribution in [0.15, 0.2) is 59.4 Å². The average Bonchev–Trinajstić information content (AvgIpc) is 3.40. The number of aliphatic hydroxyl groups is 1. The number of nitrogens with zero attached hydrogens (tertiary/aromatic N) is 4. The molecule has 0 amide bonds. The zero-order chi connectivity index (χ0) is 21.8. The molecular formula is C24H27N4O3+. The second-order valence-corrected chi connectivity index (χ2v) is 8.23. The van der Waals surface area contributed by atoms with Gasteiger partial charge in [0.1, 0.15) is 5.75 Å². The summed E-state index contributed by atoms with van der Waals surface area (Å²) in [5.41, 5.74) is 1.39. The van der Waals surface area contributed by atoms with E-state index < -0.39 is 5.72 Å². The number of aromatic nitrogens is 2. The minimum atomic E-state index is -1.33. The first kappa shape index (κ1) is 19.6. The van der Waals surface area contributed by atoms with Crippen LogP contribution in [0.5, 0.6) is 5.75 Å². The van der Waals surface area contributed by atoms with Crippen molar-refractivity contribution in [3.8, 4) is 11.4 Å². The first-order chi connectivity index (χ1) is 15.0. The standard InChI is InChI=1S/C24H27N4O3/c1-17-22(23(29)28(25(17)2)19-8-5-4-6-9-19)27-21-10-7-15-26(21)16-24(27,30)18-11-13-20(31-3)14-12-18/h4-6,8-9,11-14,30H,7,10,15-16H2,1-3H3/q+1. The van der Waals surface area contributed by atoms with Gasteiger partial charge in [-0.05, 0) is 49.7 Å². The van der Waals surface area contributed by atoms with E-state index in [-0.39, 0.29) is 5.56 Å². The Kier molecular flexibility index (Phi) is 4.51. The molecule has 31 heavy (non-hydrogen) atoms. The zero-order valence-electron chi connectivity index (χ0n) is 18.1. The quantitative estimate of drug-likeness (QED) is 0.660. The zero-order valence-corrected chi connectivity index (χ0v) is 18.1. The second kappa shape index (κ2) is 7.13. The van der Waals surface area contributed by atoms with Crippen molar-refractivity contribution in [2.45, 2.75) is 25.5 Å². The number of hydrogen-bond acceptors (Lipinski definition) is 4. The highest BCUT2D eigenvalue weighted by atomic mass is 16.5. The number of amidine groups is 1. The molecule has 1 N–H and O–H groups in total. The van der Waals surface area contributed by atoms with Crippen molar-refractivity contribution in [1.29, 1.82) is 0 Å². The summed E-state index contributed by atoms with van der Waals surface area (Å²) in [6.45, 7) is 3.24. The van der Waals surface area contributed by atoms with Crippen molar-refractivity contribution < 1.29 is 14.4 Å². The van der Waals surface area contributed by atoms with E-state index in [0.717, 1.165) is 47.9 Å². The lowest BCUT2D eigenvalue weighted by Crippen LogP contribution is -2.49. The number of benzene rings is 2. The van der Waals surface area contributed by atoms with Gasteiger partial charge in [-0.25, -0.2) is 4.68 Å². The summed E-state index contributed by atoms with van der Waals surface area (Å²) < 4.78 is 11.0. The molecule has 0 saturated carbocycles. The lowest BCUT2D eigenvalue weighted by molar-refractivity contribution is -0.526. The maximum atomic E-state index is 13.7. The van der Waals surface area contributed by atoms with Crippen LogP contribution in [-0.4, -0.2) is 45.1 Å². The molecule has 0 radical (unpaired) electrons. The van der Waals surface area contributed by atoms with E-state index in [2.05, 4.69) is 4.58 Å². The molecule has 2 aromatic carbocycles. The molecule has 5 rings (SSSR count). The molecule has 160 valence electrons. The van der Waals surface area contributed by atoms with Gasteiger partial charge in [-0.1, -0.05) is 18.2 Å². The van der Waals surface area contributed by atoms with E-state index in [1.165, 1.54) is 0 Å². The first-order valence-electron chi connectivity index (χ1n) is 10.6. The Morgan fingerprint density at radius 1 is 1.10 bits per heavy atom. The van der Waals surface area contributed by atoms with Crippen LogP contribution in [0.2, 0.25) is 0 Å². The number of anilines is 1. The molecule has 0 fully saturated rings. The van der Waals surface area contributed by atoms with Crippen molar-refractivity contribution in [2.24, 2.45) is 7.05 Å². The summed E-state index contributed by atoms with van der Waals surface area (Å²) in [6, 6.07) is 17.0. The molecule has 1 unspecified atom stereocenters. The maximum absolute atomic E-state index is 13.7. The van der Waals surface area contributed by atoms with Crippen LogP contribution in [0, 0.1) is 6.92 Å². The highest BCUT2D eigenvalue weighted by Gasteiger charge is 2.57. The predicted octanol–water partition coefficient (Wildman–Crippen LogP) is 2.36. The summed E-state index contributed by atoms with van der Waals surface area (Å²) >= 11 is 0. The highest BCUT2D eigenvalue weighted by molar-refractivity contribution is 5.98. The molecule has 2 aliphatic heterocycles. The monoisotopic (exact) mass is 419 g/mol. The van der Waals surface area contributed by atoms with Gasteiger partial charge in [0.15, 0.2) is 6.54 Å². The lowest BCUT2D eigenvalue weighted by Gasteiger charge is -2.28. The molecule has 1 aromatic heterocycles. The van der Waals surface area contributed by atoms with Crippen LogP contribution in [0.3, 0.4) is 0 Å². The van der Waals surface area contributed by atoms with E-state index in [0.29, 0.717) is 12.2 Å². The van der Waals surface area contributed by atoms with Crippen LogP contribution < -0.4 is 15.2 Å². The number of methoxy groups -OCH3 is 1. The van der Waals surface area contributed by atoms with Crippen LogP contribution >= 0.6 is 0 Å². The number of para-hydroxylation sites is 1. The van der Waals surface area contributed by atoms with Crippen LogP contribution in [0.4, 0.5) is 5.69 Å². The normalized spacial score (nSPS) is 20.5. The fourth-order valence-corrected chi connectivity index (χ4v) is 4.89. The van der Waals surface area contributed by atoms with Gasteiger partial charge in [-0.2, -0.15) is 4.90 Å². The van der Waals surface area contributed by atoms with Crippen LogP contribution in [0.1, 0.15) is 24.1 Å². The molecule has 2 aliphatic rings. The summed E-state index contributed by atoms with van der Waals surface area (Å²) in [5, 5.41) is 12.0. The summed E-state index contributed by atoms with van der Waals surface area (Å²) in [5.74, 6) is 1.73. The Balaban J connectivity index is 1.70. The van der Waals surface area contributed by atoms with Crippen molar-refractivity contribution in [3.05, 3.63) is 76.2 Å². The van der Waals surface area contributed by atoms with Crippen LogP contribution in [0.25, 0.3) is 5.69 Å². The van der Waals surface area contributed by atoms with Crippen molar-refractivity contribution in [1.82, 2.24) is 9.36 Å². The number of rotatable bonds is 4. The van der Waals surface area contributed by atoms with Gasteiger partial charge in [0.05, 0.1) is 31.5 Å². The smallest absolute Gasteiger partial charge is 0.318 e. The fourth-order valence-electron chi connectivity index (χ4n) is 4.89. The topological polar surface area (TPSA) is 62.6 Å². The van der Waals surface area contributed by atoms with E-state index in [1.54, 1.807) is 11.8 Å². The van der Waals surface area contributed by atoms with Crippen molar-refractivity contribution in [3.63, 3.8) is 0 Å². The Morgan fingerprint density at radius 3 is 2.48 bits per heavy atom.